The summed E-state index contributed by atoms with van der Waals surface area (Å²) < 4.78 is 13.8. The number of carbonyl (C=O) groups is 2. The van der Waals surface area contributed by atoms with Crippen LogP contribution < -0.4 is 5.32 Å². The van der Waals surface area contributed by atoms with E-state index >= 15 is 0 Å². The van der Waals surface area contributed by atoms with Gasteiger partial charge >= 0.3 is 0 Å². The van der Waals surface area contributed by atoms with Crippen LogP contribution in [0.3, 0.4) is 0 Å². The van der Waals surface area contributed by atoms with Gasteiger partial charge in [0.1, 0.15) is 11.9 Å². The molecule has 0 unspecified atom stereocenters. The van der Waals surface area contributed by atoms with Crippen LogP contribution in [0.5, 0.6) is 0 Å². The highest BCUT2D eigenvalue weighted by atomic mass is 32.2. The third-order valence-corrected chi connectivity index (χ3v) is 5.73. The molecule has 2 aromatic carbocycles. The first-order chi connectivity index (χ1) is 14.3. The summed E-state index contributed by atoms with van der Waals surface area (Å²) in [5.74, 6) is 0.355. The highest BCUT2D eigenvalue weighted by Crippen LogP contribution is 2.18. The van der Waals surface area contributed by atoms with Crippen LogP contribution in [0, 0.1) is 18.7 Å². The van der Waals surface area contributed by atoms with Crippen molar-refractivity contribution in [3.05, 3.63) is 71.0 Å². The van der Waals surface area contributed by atoms with Gasteiger partial charge in [0.05, 0.1) is 5.75 Å². The lowest BCUT2D eigenvalue weighted by Gasteiger charge is -2.29. The minimum Gasteiger partial charge on any atom is -0.354 e. The van der Waals surface area contributed by atoms with Crippen molar-refractivity contribution in [2.45, 2.75) is 46.0 Å². The van der Waals surface area contributed by atoms with E-state index in [0.717, 1.165) is 11.1 Å². The van der Waals surface area contributed by atoms with Crippen molar-refractivity contribution >= 4 is 23.6 Å². The van der Waals surface area contributed by atoms with Crippen molar-refractivity contribution in [2.75, 3.05) is 12.3 Å². The second kappa shape index (κ2) is 11.7. The van der Waals surface area contributed by atoms with Crippen LogP contribution >= 0.6 is 11.8 Å². The molecule has 0 fully saturated rings. The predicted molar refractivity (Wildman–Crippen MR) is 122 cm³/mol. The van der Waals surface area contributed by atoms with Gasteiger partial charge in [-0.2, -0.15) is 0 Å². The van der Waals surface area contributed by atoms with E-state index in [4.69, 9.17) is 0 Å². The molecule has 6 heteroatoms. The number of rotatable bonds is 10. The first-order valence-electron chi connectivity index (χ1n) is 10.2. The molecule has 0 saturated heterocycles. The third kappa shape index (κ3) is 7.48. The molecule has 0 bridgehead atoms. The SMILES string of the molecule is Cc1ccc(CN(C(=O)CSCc2ccccc2F)[C@H](C)C(=O)NCC(C)C)cc1. The first-order valence-corrected chi connectivity index (χ1v) is 11.4. The Labute approximate surface area is 183 Å². The Bertz CT molecular complexity index is 839. The molecule has 1 N–H and O–H groups in total. The summed E-state index contributed by atoms with van der Waals surface area (Å²) in [5, 5.41) is 2.91. The monoisotopic (exact) mass is 430 g/mol. The van der Waals surface area contributed by atoms with E-state index in [1.54, 1.807) is 30.0 Å². The number of hydrogen-bond donors (Lipinski definition) is 1. The minimum absolute atomic E-state index is 0.135. The van der Waals surface area contributed by atoms with E-state index < -0.39 is 6.04 Å². The van der Waals surface area contributed by atoms with Crippen molar-refractivity contribution in [3.63, 3.8) is 0 Å². The molecule has 1 atom stereocenters. The molecular formula is C24H31FN2O2S. The summed E-state index contributed by atoms with van der Waals surface area (Å²) in [7, 11) is 0. The fourth-order valence-electron chi connectivity index (χ4n) is 2.87. The van der Waals surface area contributed by atoms with Crippen LogP contribution in [0.1, 0.15) is 37.5 Å². The predicted octanol–water partition coefficient (Wildman–Crippen LogP) is 4.56. The molecule has 0 aliphatic heterocycles. The van der Waals surface area contributed by atoms with Gasteiger partial charge in [0.15, 0.2) is 0 Å². The molecule has 0 aliphatic carbocycles. The summed E-state index contributed by atoms with van der Waals surface area (Å²) >= 11 is 1.35. The Kier molecular flexibility index (Phi) is 9.37. The number of halogens is 1. The van der Waals surface area contributed by atoms with Gasteiger partial charge in [0.2, 0.25) is 11.8 Å². The maximum atomic E-state index is 13.8. The maximum Gasteiger partial charge on any atom is 0.242 e. The van der Waals surface area contributed by atoms with Crippen LogP contribution in [-0.2, 0) is 21.9 Å². The smallest absolute Gasteiger partial charge is 0.242 e. The zero-order valence-corrected chi connectivity index (χ0v) is 19.0. The van der Waals surface area contributed by atoms with E-state index in [9.17, 15) is 14.0 Å². The van der Waals surface area contributed by atoms with Gasteiger partial charge in [-0.3, -0.25) is 9.59 Å². The summed E-state index contributed by atoms with van der Waals surface area (Å²) in [6.07, 6.45) is 0. The second-order valence-electron chi connectivity index (χ2n) is 7.91. The minimum atomic E-state index is -0.591. The lowest BCUT2D eigenvalue weighted by Crippen LogP contribution is -2.48. The van der Waals surface area contributed by atoms with Crippen LogP contribution in [0.15, 0.2) is 48.5 Å². The summed E-state index contributed by atoms with van der Waals surface area (Å²) in [5.41, 5.74) is 2.68. The van der Waals surface area contributed by atoms with Crippen LogP contribution in [0.2, 0.25) is 0 Å². The average molecular weight is 431 g/mol. The Morgan fingerprint density at radius 1 is 1.07 bits per heavy atom. The number of nitrogens with zero attached hydrogens (tertiary/aromatic N) is 1. The van der Waals surface area contributed by atoms with E-state index in [-0.39, 0.29) is 23.4 Å². The zero-order chi connectivity index (χ0) is 22.1. The largest absolute Gasteiger partial charge is 0.354 e. The van der Waals surface area contributed by atoms with Gasteiger partial charge in [-0.25, -0.2) is 4.39 Å². The molecule has 0 spiro atoms. The van der Waals surface area contributed by atoms with Crippen molar-refractivity contribution in [1.29, 1.82) is 0 Å². The lowest BCUT2D eigenvalue weighted by molar-refractivity contribution is -0.138. The molecule has 2 aromatic rings. The quantitative estimate of drug-likeness (QED) is 0.601. The Morgan fingerprint density at radius 2 is 1.73 bits per heavy atom. The van der Waals surface area contributed by atoms with Gasteiger partial charge in [0, 0.05) is 18.8 Å². The fraction of sp³-hybridized carbons (Fsp3) is 0.417. The number of nitrogens with one attached hydrogen (secondary N) is 1. The zero-order valence-electron chi connectivity index (χ0n) is 18.2. The third-order valence-electron chi connectivity index (χ3n) is 4.77. The Hall–Kier alpha value is -2.34. The number of benzene rings is 2. The molecule has 0 saturated carbocycles. The normalized spacial score (nSPS) is 11.9. The van der Waals surface area contributed by atoms with Crippen molar-refractivity contribution in [1.82, 2.24) is 10.2 Å². The molecule has 2 rings (SSSR count). The number of hydrogen-bond acceptors (Lipinski definition) is 3. The topological polar surface area (TPSA) is 49.4 Å². The maximum absolute atomic E-state index is 13.8. The van der Waals surface area contributed by atoms with Crippen molar-refractivity contribution in [2.24, 2.45) is 5.92 Å². The van der Waals surface area contributed by atoms with E-state index in [1.807, 2.05) is 45.0 Å². The van der Waals surface area contributed by atoms with Gasteiger partial charge < -0.3 is 10.2 Å². The van der Waals surface area contributed by atoms with Crippen molar-refractivity contribution < 1.29 is 14.0 Å². The number of thioether (sulfide) groups is 1. The summed E-state index contributed by atoms with van der Waals surface area (Å²) in [6.45, 7) is 8.74. The Morgan fingerprint density at radius 3 is 2.37 bits per heavy atom. The molecule has 4 nitrogen and oxygen atoms in total. The molecule has 0 aliphatic rings. The molecule has 30 heavy (non-hydrogen) atoms. The standard InChI is InChI=1S/C24H31FN2O2S/c1-17(2)13-26-24(29)19(4)27(14-20-11-9-18(3)10-12-20)23(28)16-30-15-21-7-5-6-8-22(21)25/h5-12,17,19H,13-16H2,1-4H3,(H,26,29)/t19-/m1/s1. The highest BCUT2D eigenvalue weighted by molar-refractivity contribution is 7.99. The van der Waals surface area contributed by atoms with E-state index in [2.05, 4.69) is 5.32 Å². The molecule has 0 aromatic heterocycles. The molecule has 2 amide bonds. The molecule has 162 valence electrons. The average Bonchev–Trinajstić information content (AvgIpc) is 2.72. The summed E-state index contributed by atoms with van der Waals surface area (Å²) in [6, 6.07) is 13.9. The van der Waals surface area contributed by atoms with Crippen LogP contribution in [-0.4, -0.2) is 35.1 Å². The number of aryl methyl sites for hydroxylation is 1. The Balaban J connectivity index is 2.06. The van der Waals surface area contributed by atoms with Gasteiger partial charge in [-0.15, -0.1) is 11.8 Å². The van der Waals surface area contributed by atoms with Crippen LogP contribution in [0.25, 0.3) is 0 Å². The van der Waals surface area contributed by atoms with E-state index in [1.165, 1.54) is 17.8 Å². The summed E-state index contributed by atoms with van der Waals surface area (Å²) in [4.78, 5) is 27.2. The highest BCUT2D eigenvalue weighted by Gasteiger charge is 2.26. The van der Waals surface area contributed by atoms with E-state index in [0.29, 0.717) is 30.3 Å². The second-order valence-corrected chi connectivity index (χ2v) is 8.89. The first kappa shape index (κ1) is 23.9. The molecule has 0 radical (unpaired) electrons. The number of amides is 2. The van der Waals surface area contributed by atoms with Gasteiger partial charge in [-0.05, 0) is 37.0 Å². The van der Waals surface area contributed by atoms with Gasteiger partial charge in [-0.1, -0.05) is 61.9 Å². The molecule has 0 heterocycles. The van der Waals surface area contributed by atoms with Crippen LogP contribution in [0.4, 0.5) is 4.39 Å². The fourth-order valence-corrected chi connectivity index (χ4v) is 3.77. The lowest BCUT2D eigenvalue weighted by atomic mass is 10.1. The number of carbonyl (C=O) groups excluding carboxylic acids is 2. The molecular weight excluding hydrogens is 399 g/mol. The van der Waals surface area contributed by atoms with Gasteiger partial charge in [0.25, 0.3) is 0 Å². The van der Waals surface area contributed by atoms with Crippen molar-refractivity contribution in [3.8, 4) is 0 Å².